The Morgan fingerprint density at radius 1 is 1.23 bits per heavy atom. The van der Waals surface area contributed by atoms with Gasteiger partial charge in [-0.3, -0.25) is 4.79 Å². The zero-order valence-electron chi connectivity index (χ0n) is 13.5. The fourth-order valence-electron chi connectivity index (χ4n) is 2.56. The van der Waals surface area contributed by atoms with E-state index in [1.165, 1.54) is 0 Å². The highest BCUT2D eigenvalue weighted by molar-refractivity contribution is 5.90. The van der Waals surface area contributed by atoms with Crippen molar-refractivity contribution >= 4 is 17.0 Å². The molecular weight excluding hydrogens is 280 g/mol. The Balaban J connectivity index is 2.41. The monoisotopic (exact) mass is 300 g/mol. The van der Waals surface area contributed by atoms with Gasteiger partial charge in [0.2, 0.25) is 0 Å². The number of methoxy groups -OCH3 is 1. The number of rotatable bonds is 2. The molecule has 4 nitrogen and oxygen atoms in total. The highest BCUT2D eigenvalue weighted by atomic mass is 16.5. The maximum atomic E-state index is 12.4. The van der Waals surface area contributed by atoms with Gasteiger partial charge in [0, 0.05) is 12.0 Å². The molecule has 116 valence electrons. The quantitative estimate of drug-likeness (QED) is 0.837. The highest BCUT2D eigenvalue weighted by Crippen LogP contribution is 2.42. The van der Waals surface area contributed by atoms with Crippen molar-refractivity contribution in [3.63, 3.8) is 0 Å². The van der Waals surface area contributed by atoms with Gasteiger partial charge in [0.05, 0.1) is 18.1 Å². The van der Waals surface area contributed by atoms with Gasteiger partial charge in [-0.25, -0.2) is 0 Å². The maximum Gasteiger partial charge on any atom is 0.193 e. The average Bonchev–Trinajstić information content (AvgIpc) is 2.45. The normalized spacial score (nSPS) is 15.7. The van der Waals surface area contributed by atoms with Crippen molar-refractivity contribution in [2.45, 2.75) is 39.2 Å². The minimum Gasteiger partial charge on any atom is -0.496 e. The number of benzene rings is 1. The lowest BCUT2D eigenvalue weighted by Gasteiger charge is -2.29. The van der Waals surface area contributed by atoms with Gasteiger partial charge in [-0.2, -0.15) is 0 Å². The van der Waals surface area contributed by atoms with Crippen molar-refractivity contribution in [1.82, 2.24) is 0 Å². The molecule has 0 N–H and O–H groups in total. The Hall–Kier alpha value is -2.23. The van der Waals surface area contributed by atoms with Crippen molar-refractivity contribution in [2.75, 3.05) is 7.11 Å². The Morgan fingerprint density at radius 3 is 2.59 bits per heavy atom. The van der Waals surface area contributed by atoms with E-state index in [0.717, 1.165) is 5.56 Å². The van der Waals surface area contributed by atoms with E-state index in [2.05, 4.69) is 0 Å². The molecule has 22 heavy (non-hydrogen) atoms. The zero-order valence-corrected chi connectivity index (χ0v) is 13.5. The molecule has 0 atom stereocenters. The van der Waals surface area contributed by atoms with Crippen LogP contribution >= 0.6 is 0 Å². The van der Waals surface area contributed by atoms with Crippen molar-refractivity contribution in [3.05, 3.63) is 39.8 Å². The Labute approximate surface area is 129 Å². The first-order valence-corrected chi connectivity index (χ1v) is 7.39. The van der Waals surface area contributed by atoms with Crippen molar-refractivity contribution < 1.29 is 13.9 Å². The molecule has 2 aromatic rings. The maximum absolute atomic E-state index is 12.4. The van der Waals surface area contributed by atoms with Crippen LogP contribution in [0.4, 0.5) is 0 Å². The lowest BCUT2D eigenvalue weighted by molar-refractivity contribution is 0.158. The summed E-state index contributed by atoms with van der Waals surface area (Å²) in [7, 11) is 1.58. The second kappa shape index (κ2) is 4.90. The topological polar surface area (TPSA) is 48.7 Å². The molecule has 1 aromatic carbocycles. The number of ether oxygens (including phenoxy) is 2. The van der Waals surface area contributed by atoms with E-state index < -0.39 is 5.60 Å². The first kappa shape index (κ1) is 14.7. The van der Waals surface area contributed by atoms with Gasteiger partial charge in [-0.1, -0.05) is 13.8 Å². The van der Waals surface area contributed by atoms with Crippen LogP contribution in [0.2, 0.25) is 0 Å². The Kier molecular flexibility index (Phi) is 3.28. The standard InChI is InChI=1S/C18H20O4/c1-10(2)14-9-13(19)12-8-15(20-5)11-6-7-18(3,4)22-17(11)16(12)21-14/h6-10H,1-5H3. The lowest BCUT2D eigenvalue weighted by Crippen LogP contribution is -2.28. The molecule has 0 unspecified atom stereocenters. The summed E-state index contributed by atoms with van der Waals surface area (Å²) in [5, 5.41) is 0.478. The smallest absolute Gasteiger partial charge is 0.193 e. The van der Waals surface area contributed by atoms with E-state index >= 15 is 0 Å². The van der Waals surface area contributed by atoms with E-state index in [1.807, 2.05) is 39.8 Å². The van der Waals surface area contributed by atoms with Gasteiger partial charge >= 0.3 is 0 Å². The minimum absolute atomic E-state index is 0.0815. The SMILES string of the molecule is COc1cc2c(=O)cc(C(C)C)oc2c2c1C=CC(C)(C)O2. The minimum atomic E-state index is -0.460. The van der Waals surface area contributed by atoms with Gasteiger partial charge in [0.15, 0.2) is 16.8 Å². The van der Waals surface area contributed by atoms with Gasteiger partial charge in [0.1, 0.15) is 17.1 Å². The van der Waals surface area contributed by atoms with E-state index in [9.17, 15) is 4.79 Å². The van der Waals surface area contributed by atoms with Crippen LogP contribution in [-0.2, 0) is 0 Å². The Morgan fingerprint density at radius 2 is 1.95 bits per heavy atom. The molecule has 3 rings (SSSR count). The summed E-state index contributed by atoms with van der Waals surface area (Å²) in [5.74, 6) is 1.96. The van der Waals surface area contributed by atoms with Gasteiger partial charge in [-0.05, 0) is 32.1 Å². The number of hydrogen-bond donors (Lipinski definition) is 0. The molecular formula is C18H20O4. The van der Waals surface area contributed by atoms with Crippen LogP contribution in [0.25, 0.3) is 17.0 Å². The summed E-state index contributed by atoms with van der Waals surface area (Å²) in [4.78, 5) is 12.4. The first-order valence-electron chi connectivity index (χ1n) is 7.39. The summed E-state index contributed by atoms with van der Waals surface area (Å²) >= 11 is 0. The van der Waals surface area contributed by atoms with Crippen LogP contribution < -0.4 is 14.9 Å². The van der Waals surface area contributed by atoms with Crippen LogP contribution in [0.5, 0.6) is 11.5 Å². The largest absolute Gasteiger partial charge is 0.496 e. The van der Waals surface area contributed by atoms with Gasteiger partial charge in [-0.15, -0.1) is 0 Å². The second-order valence-corrected chi connectivity index (χ2v) is 6.40. The van der Waals surface area contributed by atoms with Crippen molar-refractivity contribution in [2.24, 2.45) is 0 Å². The predicted molar refractivity (Wildman–Crippen MR) is 86.9 cm³/mol. The molecule has 1 aliphatic heterocycles. The zero-order chi connectivity index (χ0) is 16.1. The molecule has 2 heterocycles. The third kappa shape index (κ3) is 2.28. The fraction of sp³-hybridized carbons (Fsp3) is 0.389. The summed E-state index contributed by atoms with van der Waals surface area (Å²) in [6.07, 6.45) is 3.92. The predicted octanol–water partition coefficient (Wildman–Crippen LogP) is 4.11. The van der Waals surface area contributed by atoms with Crippen LogP contribution in [-0.4, -0.2) is 12.7 Å². The Bertz CT molecular complexity index is 825. The summed E-state index contributed by atoms with van der Waals surface area (Å²) in [6, 6.07) is 3.26. The van der Waals surface area contributed by atoms with E-state index in [0.29, 0.717) is 28.2 Å². The molecule has 1 aromatic heterocycles. The van der Waals surface area contributed by atoms with Crippen LogP contribution in [0.1, 0.15) is 44.9 Å². The van der Waals surface area contributed by atoms with Crippen LogP contribution in [0, 0.1) is 0 Å². The molecule has 4 heteroatoms. The molecule has 1 aliphatic rings. The first-order chi connectivity index (χ1) is 10.3. The fourth-order valence-corrected chi connectivity index (χ4v) is 2.56. The van der Waals surface area contributed by atoms with E-state index in [-0.39, 0.29) is 11.3 Å². The third-order valence-corrected chi connectivity index (χ3v) is 3.80. The van der Waals surface area contributed by atoms with Crippen molar-refractivity contribution in [1.29, 1.82) is 0 Å². The summed E-state index contributed by atoms with van der Waals surface area (Å²) in [5.41, 5.74) is 0.753. The van der Waals surface area contributed by atoms with Crippen LogP contribution in [0.15, 0.2) is 27.4 Å². The molecule has 0 fully saturated rings. The molecule has 0 amide bonds. The van der Waals surface area contributed by atoms with Gasteiger partial charge < -0.3 is 13.9 Å². The van der Waals surface area contributed by atoms with E-state index in [1.54, 1.807) is 19.2 Å². The molecule has 0 saturated heterocycles. The molecule has 0 saturated carbocycles. The summed E-state index contributed by atoms with van der Waals surface area (Å²) < 4.78 is 17.5. The molecule has 0 aliphatic carbocycles. The van der Waals surface area contributed by atoms with Crippen LogP contribution in [0.3, 0.4) is 0 Å². The van der Waals surface area contributed by atoms with Crippen molar-refractivity contribution in [3.8, 4) is 11.5 Å². The third-order valence-electron chi connectivity index (χ3n) is 3.80. The lowest BCUT2D eigenvalue weighted by atomic mass is 9.99. The average molecular weight is 300 g/mol. The molecule has 0 spiro atoms. The van der Waals surface area contributed by atoms with E-state index in [4.69, 9.17) is 13.9 Å². The second-order valence-electron chi connectivity index (χ2n) is 6.40. The summed E-state index contributed by atoms with van der Waals surface area (Å²) in [6.45, 7) is 7.90. The van der Waals surface area contributed by atoms with Gasteiger partial charge in [0.25, 0.3) is 0 Å². The number of hydrogen-bond acceptors (Lipinski definition) is 4. The molecule has 0 bridgehead atoms. The number of fused-ring (bicyclic) bond motifs is 3. The highest BCUT2D eigenvalue weighted by Gasteiger charge is 2.28. The molecule has 0 radical (unpaired) electrons.